The van der Waals surface area contributed by atoms with Crippen molar-refractivity contribution < 1.29 is 18.4 Å². The number of carbonyl (C=O) groups is 2. The molecule has 0 atom stereocenters. The van der Waals surface area contributed by atoms with Crippen LogP contribution in [0.4, 0.5) is 8.78 Å². The highest BCUT2D eigenvalue weighted by atomic mass is 35.5. The summed E-state index contributed by atoms with van der Waals surface area (Å²) < 4.78 is 24.3. The molecule has 0 spiro atoms. The third-order valence-electron chi connectivity index (χ3n) is 3.57. The molecular weight excluding hydrogens is 264 g/mol. The second kappa shape index (κ2) is 7.02. The number of Topliss-reactive ketones (excluding diaryl/α,β-unsaturated/α-hetero) is 1. The van der Waals surface area contributed by atoms with Gasteiger partial charge in [0, 0.05) is 12.0 Å². The zero-order chi connectivity index (χ0) is 13.6. The highest BCUT2D eigenvalue weighted by Gasteiger charge is 2.38. The lowest BCUT2D eigenvalue weighted by Crippen LogP contribution is -2.45. The predicted octanol–water partition coefficient (Wildman–Crippen LogP) is 2.52. The molecule has 0 aromatic heterocycles. The lowest BCUT2D eigenvalue weighted by atomic mass is 9.77. The van der Waals surface area contributed by atoms with E-state index in [9.17, 15) is 18.4 Å². The summed E-state index contributed by atoms with van der Waals surface area (Å²) in [5.74, 6) is -1.61. The Morgan fingerprint density at radius 1 is 1.17 bits per heavy atom. The Labute approximate surface area is 110 Å². The summed E-state index contributed by atoms with van der Waals surface area (Å²) in [6.07, 6.45) is 1.98. The molecule has 0 saturated heterocycles. The molecule has 0 bridgehead atoms. The zero-order valence-corrected chi connectivity index (χ0v) is 10.9. The van der Waals surface area contributed by atoms with Crippen LogP contribution in [0.3, 0.4) is 0 Å². The lowest BCUT2D eigenvalue weighted by Gasteiger charge is -2.30. The second-order valence-electron chi connectivity index (χ2n) is 4.77. The van der Waals surface area contributed by atoms with Gasteiger partial charge in [0.2, 0.25) is 0 Å². The van der Waals surface area contributed by atoms with Gasteiger partial charge in [0.1, 0.15) is 0 Å². The SMILES string of the molecule is O=C(NCC1(C(=O)CCl)CCCCCC1)C(F)F. The summed E-state index contributed by atoms with van der Waals surface area (Å²) in [6, 6.07) is 0. The molecule has 0 aromatic carbocycles. The van der Waals surface area contributed by atoms with E-state index in [1.807, 2.05) is 0 Å². The number of hydrogen-bond acceptors (Lipinski definition) is 2. The van der Waals surface area contributed by atoms with Gasteiger partial charge in [-0.15, -0.1) is 11.6 Å². The summed E-state index contributed by atoms with van der Waals surface area (Å²) in [5, 5.41) is 2.17. The highest BCUT2D eigenvalue weighted by Crippen LogP contribution is 2.35. The molecule has 0 unspecified atom stereocenters. The summed E-state index contributed by atoms with van der Waals surface area (Å²) in [5.41, 5.74) is -0.747. The van der Waals surface area contributed by atoms with Crippen LogP contribution < -0.4 is 5.32 Å². The first-order chi connectivity index (χ1) is 8.52. The fraction of sp³-hybridized carbons (Fsp3) is 0.833. The Morgan fingerprint density at radius 3 is 2.17 bits per heavy atom. The third-order valence-corrected chi connectivity index (χ3v) is 3.82. The van der Waals surface area contributed by atoms with E-state index < -0.39 is 17.7 Å². The first kappa shape index (κ1) is 15.3. The van der Waals surface area contributed by atoms with Crippen LogP contribution in [0.1, 0.15) is 38.5 Å². The standard InChI is InChI=1S/C12H18ClF2NO2/c13-7-9(17)12(5-3-1-2-4-6-12)8-16-11(18)10(14)15/h10H,1-8H2,(H,16,18). The number of carbonyl (C=O) groups excluding carboxylic acids is 2. The Kier molecular flexibility index (Phi) is 5.99. The number of halogens is 3. The third kappa shape index (κ3) is 3.90. The molecule has 18 heavy (non-hydrogen) atoms. The van der Waals surface area contributed by atoms with Crippen LogP contribution in [0.25, 0.3) is 0 Å². The fourth-order valence-electron chi connectivity index (χ4n) is 2.43. The van der Waals surface area contributed by atoms with Crippen molar-refractivity contribution in [3.63, 3.8) is 0 Å². The molecule has 3 nitrogen and oxygen atoms in total. The largest absolute Gasteiger partial charge is 0.350 e. The van der Waals surface area contributed by atoms with E-state index in [4.69, 9.17) is 11.6 Å². The molecule has 6 heteroatoms. The molecule has 104 valence electrons. The number of amides is 1. The molecule has 1 amide bonds. The number of alkyl halides is 3. The molecule has 1 fully saturated rings. The fourth-order valence-corrected chi connectivity index (χ4v) is 2.72. The molecule has 1 aliphatic rings. The van der Waals surface area contributed by atoms with Crippen LogP contribution in [-0.2, 0) is 9.59 Å². The van der Waals surface area contributed by atoms with E-state index >= 15 is 0 Å². The van der Waals surface area contributed by atoms with Gasteiger partial charge in [-0.1, -0.05) is 25.7 Å². The van der Waals surface area contributed by atoms with Crippen LogP contribution in [-0.4, -0.2) is 30.5 Å². The second-order valence-corrected chi connectivity index (χ2v) is 5.04. The van der Waals surface area contributed by atoms with E-state index in [0.29, 0.717) is 12.8 Å². The first-order valence-corrected chi connectivity index (χ1v) is 6.70. The van der Waals surface area contributed by atoms with Crippen molar-refractivity contribution >= 4 is 23.3 Å². The molecule has 0 aromatic rings. The average molecular weight is 282 g/mol. The van der Waals surface area contributed by atoms with E-state index in [-0.39, 0.29) is 18.2 Å². The molecule has 0 heterocycles. The maximum Gasteiger partial charge on any atom is 0.315 e. The Morgan fingerprint density at radius 2 is 1.72 bits per heavy atom. The quantitative estimate of drug-likeness (QED) is 0.622. The molecule has 1 saturated carbocycles. The van der Waals surface area contributed by atoms with Crippen LogP contribution in [0.15, 0.2) is 0 Å². The summed E-state index contributed by atoms with van der Waals surface area (Å²) in [7, 11) is 0. The van der Waals surface area contributed by atoms with Crippen LogP contribution in [0.2, 0.25) is 0 Å². The monoisotopic (exact) mass is 281 g/mol. The smallest absolute Gasteiger partial charge is 0.315 e. The first-order valence-electron chi connectivity index (χ1n) is 6.17. The molecule has 1 rings (SSSR count). The topological polar surface area (TPSA) is 46.2 Å². The van der Waals surface area contributed by atoms with Gasteiger partial charge < -0.3 is 5.32 Å². The average Bonchev–Trinajstić information content (AvgIpc) is 2.61. The minimum Gasteiger partial charge on any atom is -0.350 e. The van der Waals surface area contributed by atoms with E-state index in [0.717, 1.165) is 25.7 Å². The maximum atomic E-state index is 12.1. The number of ketones is 1. The van der Waals surface area contributed by atoms with Gasteiger partial charge in [-0.3, -0.25) is 9.59 Å². The molecule has 1 N–H and O–H groups in total. The van der Waals surface area contributed by atoms with Gasteiger partial charge in [-0.2, -0.15) is 8.78 Å². The van der Waals surface area contributed by atoms with E-state index in [2.05, 4.69) is 5.32 Å². The van der Waals surface area contributed by atoms with Gasteiger partial charge in [0.15, 0.2) is 5.78 Å². The lowest BCUT2D eigenvalue weighted by molar-refractivity contribution is -0.133. The summed E-state index contributed by atoms with van der Waals surface area (Å²) >= 11 is 5.60. The van der Waals surface area contributed by atoms with Crippen molar-refractivity contribution in [3.8, 4) is 0 Å². The molecule has 1 aliphatic carbocycles. The van der Waals surface area contributed by atoms with Gasteiger partial charge in [-0.05, 0) is 12.8 Å². The Hall–Kier alpha value is -0.710. The Balaban J connectivity index is 2.71. The summed E-state index contributed by atoms with van der Waals surface area (Å²) in [4.78, 5) is 22.9. The van der Waals surface area contributed by atoms with Crippen molar-refractivity contribution in [1.29, 1.82) is 0 Å². The molecule has 0 aliphatic heterocycles. The van der Waals surface area contributed by atoms with Crippen LogP contribution in [0.5, 0.6) is 0 Å². The van der Waals surface area contributed by atoms with Crippen molar-refractivity contribution in [2.75, 3.05) is 12.4 Å². The van der Waals surface area contributed by atoms with Gasteiger partial charge in [-0.25, -0.2) is 0 Å². The van der Waals surface area contributed by atoms with E-state index in [1.54, 1.807) is 0 Å². The van der Waals surface area contributed by atoms with Crippen molar-refractivity contribution in [2.24, 2.45) is 5.41 Å². The maximum absolute atomic E-state index is 12.1. The predicted molar refractivity (Wildman–Crippen MR) is 64.9 cm³/mol. The number of nitrogens with one attached hydrogen (secondary N) is 1. The Bertz CT molecular complexity index is 302. The zero-order valence-electron chi connectivity index (χ0n) is 10.2. The van der Waals surface area contributed by atoms with Gasteiger partial charge in [0.05, 0.1) is 5.88 Å². The minimum atomic E-state index is -3.04. The van der Waals surface area contributed by atoms with Crippen molar-refractivity contribution in [1.82, 2.24) is 5.32 Å². The minimum absolute atomic E-state index is 0.0261. The van der Waals surface area contributed by atoms with Crippen molar-refractivity contribution in [3.05, 3.63) is 0 Å². The van der Waals surface area contributed by atoms with E-state index in [1.165, 1.54) is 0 Å². The molecule has 0 radical (unpaired) electrons. The van der Waals surface area contributed by atoms with Gasteiger partial charge in [0.25, 0.3) is 5.91 Å². The van der Waals surface area contributed by atoms with Crippen LogP contribution >= 0.6 is 11.6 Å². The summed E-state index contributed by atoms with van der Waals surface area (Å²) in [6.45, 7) is -0.0261. The van der Waals surface area contributed by atoms with Crippen LogP contribution in [0, 0.1) is 5.41 Å². The van der Waals surface area contributed by atoms with Gasteiger partial charge >= 0.3 is 6.43 Å². The normalized spacial score (nSPS) is 19.3. The van der Waals surface area contributed by atoms with Crippen molar-refractivity contribution in [2.45, 2.75) is 45.0 Å². The number of rotatable bonds is 5. The molecular formula is C12H18ClF2NO2. The number of hydrogen-bond donors (Lipinski definition) is 1. The highest BCUT2D eigenvalue weighted by molar-refractivity contribution is 6.28.